The van der Waals surface area contributed by atoms with Crippen molar-refractivity contribution in [3.63, 3.8) is 0 Å². The number of fused-ring (bicyclic) bond motifs is 1. The third-order valence-corrected chi connectivity index (χ3v) is 4.34. The van der Waals surface area contributed by atoms with Crippen LogP contribution in [0.3, 0.4) is 0 Å². The Morgan fingerprint density at radius 3 is 2.42 bits per heavy atom. The van der Waals surface area contributed by atoms with Gasteiger partial charge in [0.2, 0.25) is 0 Å². The maximum absolute atomic E-state index is 13.2. The predicted molar refractivity (Wildman–Crippen MR) is 99.4 cm³/mol. The van der Waals surface area contributed by atoms with E-state index in [-0.39, 0.29) is 5.82 Å². The predicted octanol–water partition coefficient (Wildman–Crippen LogP) is 4.31. The fourth-order valence-corrected chi connectivity index (χ4v) is 2.90. The SMILES string of the molecule is COc1ccc(N(C)c2ccnc3c(-c4ccc(F)cc4)cnn23)cc1. The lowest BCUT2D eigenvalue weighted by molar-refractivity contribution is 0.415. The number of anilines is 2. The third-order valence-electron chi connectivity index (χ3n) is 4.34. The molecule has 0 fully saturated rings. The number of benzene rings is 2. The van der Waals surface area contributed by atoms with Gasteiger partial charge in [-0.1, -0.05) is 12.1 Å². The van der Waals surface area contributed by atoms with Crippen LogP contribution in [-0.2, 0) is 0 Å². The largest absolute Gasteiger partial charge is 0.497 e. The van der Waals surface area contributed by atoms with Crippen LogP contribution in [0.2, 0.25) is 0 Å². The summed E-state index contributed by atoms with van der Waals surface area (Å²) in [5, 5.41) is 4.49. The van der Waals surface area contributed by atoms with E-state index in [4.69, 9.17) is 4.74 Å². The van der Waals surface area contributed by atoms with Gasteiger partial charge < -0.3 is 9.64 Å². The van der Waals surface area contributed by atoms with Gasteiger partial charge in [0.1, 0.15) is 17.4 Å². The Labute approximate surface area is 150 Å². The highest BCUT2D eigenvalue weighted by Gasteiger charge is 2.14. The lowest BCUT2D eigenvalue weighted by atomic mass is 10.1. The summed E-state index contributed by atoms with van der Waals surface area (Å²) in [6.07, 6.45) is 3.50. The zero-order valence-corrected chi connectivity index (χ0v) is 14.4. The minimum absolute atomic E-state index is 0.266. The van der Waals surface area contributed by atoms with Gasteiger partial charge in [0, 0.05) is 24.5 Å². The first-order valence-corrected chi connectivity index (χ1v) is 8.14. The zero-order chi connectivity index (χ0) is 18.1. The molecule has 4 rings (SSSR count). The average molecular weight is 348 g/mol. The molecule has 0 atom stereocenters. The Bertz CT molecular complexity index is 1040. The molecule has 6 heteroatoms. The van der Waals surface area contributed by atoms with E-state index in [1.807, 2.05) is 42.3 Å². The Kier molecular flexibility index (Phi) is 4.01. The molecule has 0 bridgehead atoms. The molecule has 0 N–H and O–H groups in total. The first-order valence-electron chi connectivity index (χ1n) is 8.14. The molecule has 2 aromatic carbocycles. The molecule has 2 heterocycles. The summed E-state index contributed by atoms with van der Waals surface area (Å²) in [6, 6.07) is 16.0. The van der Waals surface area contributed by atoms with Crippen molar-refractivity contribution in [1.29, 1.82) is 0 Å². The van der Waals surface area contributed by atoms with Gasteiger partial charge in [-0.25, -0.2) is 9.37 Å². The average Bonchev–Trinajstić information content (AvgIpc) is 3.12. The number of methoxy groups -OCH3 is 1. The van der Waals surface area contributed by atoms with Crippen molar-refractivity contribution >= 4 is 17.2 Å². The maximum atomic E-state index is 13.2. The monoisotopic (exact) mass is 348 g/mol. The number of rotatable bonds is 4. The topological polar surface area (TPSA) is 42.7 Å². The van der Waals surface area contributed by atoms with Gasteiger partial charge in [-0.2, -0.15) is 9.61 Å². The molecule has 26 heavy (non-hydrogen) atoms. The normalized spacial score (nSPS) is 10.9. The van der Waals surface area contributed by atoms with E-state index in [0.29, 0.717) is 0 Å². The summed E-state index contributed by atoms with van der Waals surface area (Å²) < 4.78 is 20.2. The van der Waals surface area contributed by atoms with Crippen molar-refractivity contribution in [2.75, 3.05) is 19.1 Å². The minimum Gasteiger partial charge on any atom is -0.497 e. The summed E-state index contributed by atoms with van der Waals surface area (Å²) in [4.78, 5) is 6.49. The fourth-order valence-electron chi connectivity index (χ4n) is 2.90. The van der Waals surface area contributed by atoms with Crippen molar-refractivity contribution in [3.05, 3.63) is 72.8 Å². The van der Waals surface area contributed by atoms with Gasteiger partial charge in [0.05, 0.1) is 13.3 Å². The number of halogens is 1. The number of hydrogen-bond donors (Lipinski definition) is 0. The molecule has 4 aromatic rings. The Morgan fingerprint density at radius 1 is 1.00 bits per heavy atom. The fraction of sp³-hybridized carbons (Fsp3) is 0.100. The minimum atomic E-state index is -0.266. The van der Waals surface area contributed by atoms with Crippen LogP contribution in [0.5, 0.6) is 5.75 Å². The van der Waals surface area contributed by atoms with Crippen LogP contribution in [0.1, 0.15) is 0 Å². The highest BCUT2D eigenvalue weighted by Crippen LogP contribution is 2.29. The molecule has 0 aliphatic carbocycles. The highest BCUT2D eigenvalue weighted by atomic mass is 19.1. The zero-order valence-electron chi connectivity index (χ0n) is 14.4. The summed E-state index contributed by atoms with van der Waals surface area (Å²) >= 11 is 0. The molecule has 0 amide bonds. The summed E-state index contributed by atoms with van der Waals surface area (Å²) in [7, 11) is 3.61. The molecule has 5 nitrogen and oxygen atoms in total. The van der Waals surface area contributed by atoms with Gasteiger partial charge in [0.15, 0.2) is 5.65 Å². The van der Waals surface area contributed by atoms with Crippen molar-refractivity contribution in [2.45, 2.75) is 0 Å². The Balaban J connectivity index is 1.77. The van der Waals surface area contributed by atoms with E-state index < -0.39 is 0 Å². The summed E-state index contributed by atoms with van der Waals surface area (Å²) in [5.41, 5.74) is 3.44. The first-order chi connectivity index (χ1) is 12.7. The number of hydrogen-bond acceptors (Lipinski definition) is 4. The van der Waals surface area contributed by atoms with E-state index >= 15 is 0 Å². The standard InChI is InChI=1S/C20H17FN4O/c1-24(16-7-9-17(26-2)10-8-16)19-11-12-22-20-18(13-23-25(19)20)14-3-5-15(21)6-4-14/h3-13H,1-2H3. The molecule has 0 saturated heterocycles. The molecular formula is C20H17FN4O. The lowest BCUT2D eigenvalue weighted by Gasteiger charge is -2.20. The number of ether oxygens (including phenoxy) is 1. The molecular weight excluding hydrogens is 331 g/mol. The van der Waals surface area contributed by atoms with Gasteiger partial charge >= 0.3 is 0 Å². The Hall–Kier alpha value is -3.41. The maximum Gasteiger partial charge on any atom is 0.165 e. The van der Waals surface area contributed by atoms with E-state index in [2.05, 4.69) is 10.1 Å². The molecule has 0 radical (unpaired) electrons. The third kappa shape index (κ3) is 2.75. The molecule has 0 unspecified atom stereocenters. The van der Waals surface area contributed by atoms with E-state index in [1.54, 1.807) is 36.2 Å². The van der Waals surface area contributed by atoms with Crippen molar-refractivity contribution in [1.82, 2.24) is 14.6 Å². The van der Waals surface area contributed by atoms with Crippen LogP contribution in [0.15, 0.2) is 67.0 Å². The summed E-state index contributed by atoms with van der Waals surface area (Å²) in [5.74, 6) is 1.41. The molecule has 0 aliphatic heterocycles. The van der Waals surface area contributed by atoms with Gasteiger partial charge in [-0.15, -0.1) is 0 Å². The van der Waals surface area contributed by atoms with Crippen LogP contribution < -0.4 is 9.64 Å². The highest BCUT2D eigenvalue weighted by molar-refractivity contribution is 5.78. The second kappa shape index (κ2) is 6.48. The second-order valence-corrected chi connectivity index (χ2v) is 5.86. The van der Waals surface area contributed by atoms with Crippen LogP contribution in [-0.4, -0.2) is 28.8 Å². The quantitative estimate of drug-likeness (QED) is 0.551. The molecule has 130 valence electrons. The first kappa shape index (κ1) is 16.1. The number of aromatic nitrogens is 3. The van der Waals surface area contributed by atoms with E-state index in [0.717, 1.165) is 34.0 Å². The molecule has 0 aliphatic rings. The van der Waals surface area contributed by atoms with Crippen LogP contribution in [0.4, 0.5) is 15.9 Å². The van der Waals surface area contributed by atoms with Crippen LogP contribution in [0.25, 0.3) is 16.8 Å². The van der Waals surface area contributed by atoms with E-state index in [1.165, 1.54) is 12.1 Å². The van der Waals surface area contributed by atoms with Crippen molar-refractivity contribution < 1.29 is 9.13 Å². The van der Waals surface area contributed by atoms with Gasteiger partial charge in [-0.3, -0.25) is 0 Å². The summed E-state index contributed by atoms with van der Waals surface area (Å²) in [6.45, 7) is 0. The molecule has 0 spiro atoms. The van der Waals surface area contributed by atoms with Gasteiger partial charge in [0.25, 0.3) is 0 Å². The van der Waals surface area contributed by atoms with Crippen molar-refractivity contribution in [3.8, 4) is 16.9 Å². The van der Waals surface area contributed by atoms with Gasteiger partial charge in [-0.05, 0) is 48.0 Å². The van der Waals surface area contributed by atoms with E-state index in [9.17, 15) is 4.39 Å². The number of nitrogens with zero attached hydrogens (tertiary/aromatic N) is 4. The smallest absolute Gasteiger partial charge is 0.165 e. The lowest BCUT2D eigenvalue weighted by Crippen LogP contribution is -2.14. The molecule has 2 aromatic heterocycles. The second-order valence-electron chi connectivity index (χ2n) is 5.86. The van der Waals surface area contributed by atoms with Crippen LogP contribution >= 0.6 is 0 Å². The Morgan fingerprint density at radius 2 is 1.73 bits per heavy atom. The van der Waals surface area contributed by atoms with Crippen molar-refractivity contribution in [2.24, 2.45) is 0 Å². The van der Waals surface area contributed by atoms with Crippen LogP contribution in [0, 0.1) is 5.82 Å². The molecule has 0 saturated carbocycles.